The van der Waals surface area contributed by atoms with Crippen molar-refractivity contribution in [1.82, 2.24) is 25.2 Å². The van der Waals surface area contributed by atoms with Crippen LogP contribution in [0.3, 0.4) is 0 Å². The SMILES string of the molecule is Cc1cc([N+](=O)[O-])nn1Cc1noc(C(=O)NCCN)n1. The number of aromatic nitrogens is 4. The van der Waals surface area contributed by atoms with Crippen molar-refractivity contribution in [3.8, 4) is 0 Å². The van der Waals surface area contributed by atoms with E-state index in [0.717, 1.165) is 0 Å². The lowest BCUT2D eigenvalue weighted by Crippen LogP contribution is -2.29. The first-order valence-electron chi connectivity index (χ1n) is 6.01. The molecule has 0 unspecified atom stereocenters. The molecule has 0 aliphatic carbocycles. The zero-order valence-electron chi connectivity index (χ0n) is 11.1. The Hall–Kier alpha value is -2.82. The van der Waals surface area contributed by atoms with Crippen molar-refractivity contribution in [2.45, 2.75) is 13.5 Å². The summed E-state index contributed by atoms with van der Waals surface area (Å²) in [4.78, 5) is 25.5. The van der Waals surface area contributed by atoms with E-state index in [1.54, 1.807) is 6.92 Å². The van der Waals surface area contributed by atoms with Crippen LogP contribution in [0.15, 0.2) is 10.6 Å². The summed E-state index contributed by atoms with van der Waals surface area (Å²) in [6, 6.07) is 1.33. The first-order valence-corrected chi connectivity index (χ1v) is 6.01. The van der Waals surface area contributed by atoms with Gasteiger partial charge in [-0.25, -0.2) is 0 Å². The third kappa shape index (κ3) is 3.39. The Morgan fingerprint density at radius 2 is 2.38 bits per heavy atom. The van der Waals surface area contributed by atoms with Crippen LogP contribution in [0.1, 0.15) is 22.2 Å². The number of hydrogen-bond donors (Lipinski definition) is 2. The van der Waals surface area contributed by atoms with Gasteiger partial charge in [-0.05, 0) is 11.8 Å². The Bertz CT molecular complexity index is 662. The molecule has 0 fully saturated rings. The standard InChI is InChI=1S/C10H13N7O4/c1-6-4-8(17(19)20)14-16(6)5-7-13-10(21-15-7)9(18)12-3-2-11/h4H,2-3,5,11H2,1H3,(H,12,18). The van der Waals surface area contributed by atoms with Gasteiger partial charge in [-0.1, -0.05) is 5.16 Å². The van der Waals surface area contributed by atoms with E-state index in [9.17, 15) is 14.9 Å². The Kier molecular flexibility index (Phi) is 4.23. The average Bonchev–Trinajstić information content (AvgIpc) is 3.04. The maximum absolute atomic E-state index is 11.6. The van der Waals surface area contributed by atoms with E-state index in [4.69, 9.17) is 10.3 Å². The van der Waals surface area contributed by atoms with Crippen LogP contribution in [-0.4, -0.2) is 43.8 Å². The summed E-state index contributed by atoms with van der Waals surface area (Å²) in [5.74, 6) is -0.800. The third-order valence-corrected chi connectivity index (χ3v) is 2.54. The van der Waals surface area contributed by atoms with Gasteiger partial charge >= 0.3 is 17.6 Å². The fourth-order valence-electron chi connectivity index (χ4n) is 1.55. The number of nitro groups is 1. The second kappa shape index (κ2) is 6.09. The van der Waals surface area contributed by atoms with E-state index in [2.05, 4.69) is 20.6 Å². The number of carbonyl (C=O) groups excluding carboxylic acids is 1. The number of nitrogens with zero attached hydrogens (tertiary/aromatic N) is 5. The Balaban J connectivity index is 2.09. The first kappa shape index (κ1) is 14.6. The van der Waals surface area contributed by atoms with Crippen molar-refractivity contribution in [2.24, 2.45) is 5.73 Å². The predicted molar refractivity (Wildman–Crippen MR) is 68.4 cm³/mol. The van der Waals surface area contributed by atoms with Gasteiger partial charge in [0.15, 0.2) is 5.82 Å². The Morgan fingerprint density at radius 3 is 3.00 bits per heavy atom. The second-order valence-corrected chi connectivity index (χ2v) is 4.12. The summed E-state index contributed by atoms with van der Waals surface area (Å²) < 4.78 is 6.15. The molecule has 11 heteroatoms. The van der Waals surface area contributed by atoms with Gasteiger partial charge in [0.25, 0.3) is 0 Å². The molecule has 2 aromatic rings. The number of nitrogens with two attached hydrogens (primary N) is 1. The van der Waals surface area contributed by atoms with Crippen molar-refractivity contribution in [3.63, 3.8) is 0 Å². The van der Waals surface area contributed by atoms with E-state index < -0.39 is 10.8 Å². The average molecular weight is 295 g/mol. The number of amides is 1. The van der Waals surface area contributed by atoms with Crippen molar-refractivity contribution < 1.29 is 14.2 Å². The summed E-state index contributed by atoms with van der Waals surface area (Å²) in [7, 11) is 0. The van der Waals surface area contributed by atoms with E-state index in [0.29, 0.717) is 18.8 Å². The van der Waals surface area contributed by atoms with Crippen LogP contribution in [0.2, 0.25) is 0 Å². The summed E-state index contributed by atoms with van der Waals surface area (Å²) >= 11 is 0. The molecule has 2 heterocycles. The molecular formula is C10H13N7O4. The van der Waals surface area contributed by atoms with Gasteiger partial charge in [-0.3, -0.25) is 4.79 Å². The van der Waals surface area contributed by atoms with Crippen LogP contribution in [-0.2, 0) is 6.54 Å². The van der Waals surface area contributed by atoms with Crippen molar-refractivity contribution >= 4 is 11.7 Å². The van der Waals surface area contributed by atoms with Crippen LogP contribution in [0.25, 0.3) is 0 Å². The molecule has 0 aliphatic rings. The number of hydrogen-bond acceptors (Lipinski definition) is 8. The molecule has 112 valence electrons. The number of carbonyl (C=O) groups is 1. The highest BCUT2D eigenvalue weighted by Crippen LogP contribution is 2.12. The first-order chi connectivity index (χ1) is 10.0. The maximum atomic E-state index is 11.6. The molecule has 21 heavy (non-hydrogen) atoms. The van der Waals surface area contributed by atoms with Gasteiger partial charge < -0.3 is 25.7 Å². The van der Waals surface area contributed by atoms with Crippen molar-refractivity contribution in [1.29, 1.82) is 0 Å². The zero-order valence-corrected chi connectivity index (χ0v) is 11.1. The summed E-state index contributed by atoms with van der Waals surface area (Å²) in [5, 5.41) is 20.5. The van der Waals surface area contributed by atoms with Crippen molar-refractivity contribution in [3.05, 3.63) is 33.6 Å². The molecule has 3 N–H and O–H groups in total. The second-order valence-electron chi connectivity index (χ2n) is 4.12. The van der Waals surface area contributed by atoms with Crippen LogP contribution >= 0.6 is 0 Å². The molecule has 0 radical (unpaired) electrons. The van der Waals surface area contributed by atoms with Crippen LogP contribution < -0.4 is 11.1 Å². The van der Waals surface area contributed by atoms with E-state index in [1.807, 2.05) is 0 Å². The predicted octanol–water partition coefficient (Wildman–Crippen LogP) is -0.780. The minimum absolute atomic E-state index is 0.0628. The fourth-order valence-corrected chi connectivity index (χ4v) is 1.55. The largest absolute Gasteiger partial charge is 0.390 e. The van der Waals surface area contributed by atoms with Gasteiger partial charge in [0.05, 0.1) is 16.9 Å². The molecule has 1 amide bonds. The molecule has 0 aromatic carbocycles. The highest BCUT2D eigenvalue weighted by molar-refractivity contribution is 5.89. The summed E-state index contributed by atoms with van der Waals surface area (Å²) in [6.45, 7) is 2.31. The number of nitrogens with one attached hydrogen (secondary N) is 1. The minimum Gasteiger partial charge on any atom is -0.358 e. The van der Waals surface area contributed by atoms with Gasteiger partial charge in [-0.15, -0.1) is 0 Å². The van der Waals surface area contributed by atoms with E-state index >= 15 is 0 Å². The third-order valence-electron chi connectivity index (χ3n) is 2.54. The Labute approximate surface area is 118 Å². The quantitative estimate of drug-likeness (QED) is 0.519. The molecule has 0 spiro atoms. The lowest BCUT2D eigenvalue weighted by atomic mass is 10.4. The lowest BCUT2D eigenvalue weighted by Gasteiger charge is -1.96. The maximum Gasteiger partial charge on any atom is 0.390 e. The number of aryl methyl sites for hydroxylation is 1. The van der Waals surface area contributed by atoms with Crippen LogP contribution in [0.4, 0.5) is 5.82 Å². The number of rotatable bonds is 6. The van der Waals surface area contributed by atoms with E-state index in [1.165, 1.54) is 10.7 Å². The fraction of sp³-hybridized carbons (Fsp3) is 0.400. The van der Waals surface area contributed by atoms with Crippen LogP contribution in [0.5, 0.6) is 0 Å². The summed E-state index contributed by atoms with van der Waals surface area (Å²) in [5.41, 5.74) is 5.83. The smallest absolute Gasteiger partial charge is 0.358 e. The van der Waals surface area contributed by atoms with Gasteiger partial charge in [0.1, 0.15) is 6.54 Å². The highest BCUT2D eigenvalue weighted by atomic mass is 16.6. The molecular weight excluding hydrogens is 282 g/mol. The monoisotopic (exact) mass is 295 g/mol. The molecule has 2 aromatic heterocycles. The molecule has 2 rings (SSSR count). The zero-order chi connectivity index (χ0) is 15.4. The molecule has 0 saturated heterocycles. The Morgan fingerprint density at radius 1 is 1.62 bits per heavy atom. The molecule has 0 saturated carbocycles. The topological polar surface area (TPSA) is 155 Å². The molecule has 0 bridgehead atoms. The molecule has 0 atom stereocenters. The normalized spacial score (nSPS) is 10.6. The van der Waals surface area contributed by atoms with E-state index in [-0.39, 0.29) is 24.1 Å². The lowest BCUT2D eigenvalue weighted by molar-refractivity contribution is -0.389. The van der Waals surface area contributed by atoms with Gasteiger partial charge in [0.2, 0.25) is 0 Å². The van der Waals surface area contributed by atoms with Crippen LogP contribution in [0, 0.1) is 17.0 Å². The van der Waals surface area contributed by atoms with Crippen molar-refractivity contribution in [2.75, 3.05) is 13.1 Å². The van der Waals surface area contributed by atoms with Gasteiger partial charge in [0, 0.05) is 13.1 Å². The van der Waals surface area contributed by atoms with Gasteiger partial charge in [-0.2, -0.15) is 9.67 Å². The molecule has 0 aliphatic heterocycles. The minimum atomic E-state index is -0.592. The highest BCUT2D eigenvalue weighted by Gasteiger charge is 2.19. The summed E-state index contributed by atoms with van der Waals surface area (Å²) in [6.07, 6.45) is 0. The molecule has 11 nitrogen and oxygen atoms in total.